The van der Waals surface area contributed by atoms with E-state index in [0.717, 1.165) is 11.3 Å². The molecule has 0 spiro atoms. The summed E-state index contributed by atoms with van der Waals surface area (Å²) in [6.07, 6.45) is 0. The van der Waals surface area contributed by atoms with E-state index in [2.05, 4.69) is 19.2 Å². The van der Waals surface area contributed by atoms with Gasteiger partial charge in [0.25, 0.3) is 0 Å². The first-order valence-electron chi connectivity index (χ1n) is 6.81. The summed E-state index contributed by atoms with van der Waals surface area (Å²) in [6.45, 7) is 7.67. The first kappa shape index (κ1) is 16.5. The molecule has 0 saturated heterocycles. The van der Waals surface area contributed by atoms with Crippen molar-refractivity contribution in [1.29, 1.82) is 0 Å². The summed E-state index contributed by atoms with van der Waals surface area (Å²) in [7, 11) is 0. The van der Waals surface area contributed by atoms with Crippen LogP contribution in [0.25, 0.3) is 0 Å². The van der Waals surface area contributed by atoms with Crippen molar-refractivity contribution < 1.29 is 14.3 Å². The maximum atomic E-state index is 11.7. The molecule has 0 saturated carbocycles. The van der Waals surface area contributed by atoms with E-state index < -0.39 is 0 Å². The molecule has 5 heteroatoms. The van der Waals surface area contributed by atoms with Gasteiger partial charge in [-0.25, -0.2) is 0 Å². The van der Waals surface area contributed by atoms with Gasteiger partial charge in [0.15, 0.2) is 0 Å². The molecule has 1 amide bonds. The van der Waals surface area contributed by atoms with Crippen LogP contribution in [-0.4, -0.2) is 32.3 Å². The van der Waals surface area contributed by atoms with E-state index in [9.17, 15) is 4.79 Å². The van der Waals surface area contributed by atoms with Crippen molar-refractivity contribution in [2.24, 2.45) is 5.92 Å². The minimum absolute atomic E-state index is 0.0132. The van der Waals surface area contributed by atoms with E-state index in [0.29, 0.717) is 31.4 Å². The van der Waals surface area contributed by atoms with Gasteiger partial charge in [-0.05, 0) is 30.5 Å². The summed E-state index contributed by atoms with van der Waals surface area (Å²) in [5, 5.41) is 2.78. The molecular formula is C15H24N2O3. The fourth-order valence-electron chi connectivity index (χ4n) is 1.58. The van der Waals surface area contributed by atoms with Crippen molar-refractivity contribution in [3.63, 3.8) is 0 Å². The summed E-state index contributed by atoms with van der Waals surface area (Å²) in [4.78, 5) is 11.7. The van der Waals surface area contributed by atoms with Crippen LogP contribution in [0.2, 0.25) is 0 Å². The van der Waals surface area contributed by atoms with Crippen LogP contribution in [0.4, 0.5) is 11.4 Å². The Hall–Kier alpha value is -1.59. The number of ether oxygens (including phenoxy) is 2. The van der Waals surface area contributed by atoms with Crippen LogP contribution >= 0.6 is 0 Å². The van der Waals surface area contributed by atoms with Gasteiger partial charge in [0, 0.05) is 18.0 Å². The Bertz CT molecular complexity index is 433. The van der Waals surface area contributed by atoms with Crippen LogP contribution < -0.4 is 11.1 Å². The lowest BCUT2D eigenvalue weighted by molar-refractivity contribution is -0.121. The van der Waals surface area contributed by atoms with Gasteiger partial charge in [0.05, 0.1) is 13.2 Å². The molecule has 0 bridgehead atoms. The second-order valence-electron chi connectivity index (χ2n) is 5.09. The van der Waals surface area contributed by atoms with E-state index in [1.54, 1.807) is 12.1 Å². The Morgan fingerprint density at radius 3 is 2.70 bits per heavy atom. The topological polar surface area (TPSA) is 73.6 Å². The van der Waals surface area contributed by atoms with Crippen molar-refractivity contribution in [3.05, 3.63) is 23.8 Å². The Kier molecular flexibility index (Phi) is 7.04. The molecule has 5 nitrogen and oxygen atoms in total. The minimum Gasteiger partial charge on any atom is -0.398 e. The average molecular weight is 280 g/mol. The van der Waals surface area contributed by atoms with Crippen LogP contribution in [0.5, 0.6) is 0 Å². The highest BCUT2D eigenvalue weighted by Gasteiger charge is 2.06. The van der Waals surface area contributed by atoms with Crippen molar-refractivity contribution in [2.45, 2.75) is 20.8 Å². The molecule has 0 aliphatic carbocycles. The van der Waals surface area contributed by atoms with E-state index in [4.69, 9.17) is 15.2 Å². The highest BCUT2D eigenvalue weighted by atomic mass is 16.5. The van der Waals surface area contributed by atoms with E-state index >= 15 is 0 Å². The fraction of sp³-hybridized carbons (Fsp3) is 0.533. The molecule has 0 unspecified atom stereocenters. The third-order valence-corrected chi connectivity index (χ3v) is 2.71. The maximum absolute atomic E-state index is 11.7. The molecule has 112 valence electrons. The Balaban J connectivity index is 2.22. The Labute approximate surface area is 120 Å². The zero-order valence-electron chi connectivity index (χ0n) is 12.4. The average Bonchev–Trinajstić information content (AvgIpc) is 2.39. The van der Waals surface area contributed by atoms with Crippen molar-refractivity contribution in [3.8, 4) is 0 Å². The number of rotatable bonds is 8. The summed E-state index contributed by atoms with van der Waals surface area (Å²) in [5.74, 6) is 0.312. The van der Waals surface area contributed by atoms with Gasteiger partial charge in [0.1, 0.15) is 6.61 Å². The molecule has 0 aliphatic rings. The van der Waals surface area contributed by atoms with Gasteiger partial charge in [-0.15, -0.1) is 0 Å². The first-order valence-corrected chi connectivity index (χ1v) is 6.81. The highest BCUT2D eigenvalue weighted by molar-refractivity contribution is 5.93. The number of carbonyl (C=O) groups excluding carboxylic acids is 1. The SMILES string of the molecule is Cc1c(N)cccc1NC(=O)COCCOCC(C)C. The summed E-state index contributed by atoms with van der Waals surface area (Å²) >= 11 is 0. The predicted octanol–water partition coefficient (Wildman–Crippen LogP) is 2.20. The molecule has 0 atom stereocenters. The molecule has 0 heterocycles. The second kappa shape index (κ2) is 8.55. The quantitative estimate of drug-likeness (QED) is 0.565. The number of carbonyl (C=O) groups is 1. The van der Waals surface area contributed by atoms with Gasteiger partial charge < -0.3 is 20.5 Å². The number of nitrogen functional groups attached to an aromatic ring is 1. The van der Waals surface area contributed by atoms with Crippen LogP contribution in [0.3, 0.4) is 0 Å². The zero-order valence-corrected chi connectivity index (χ0v) is 12.4. The van der Waals surface area contributed by atoms with Gasteiger partial charge in [-0.2, -0.15) is 0 Å². The predicted molar refractivity (Wildman–Crippen MR) is 80.7 cm³/mol. The van der Waals surface area contributed by atoms with Crippen LogP contribution in [0.15, 0.2) is 18.2 Å². The van der Waals surface area contributed by atoms with Gasteiger partial charge in [-0.3, -0.25) is 4.79 Å². The summed E-state index contributed by atoms with van der Waals surface area (Å²) in [6, 6.07) is 5.42. The molecule has 1 aromatic rings. The minimum atomic E-state index is -0.192. The molecule has 20 heavy (non-hydrogen) atoms. The number of nitrogens with two attached hydrogens (primary N) is 1. The van der Waals surface area contributed by atoms with Gasteiger partial charge in [-0.1, -0.05) is 19.9 Å². The van der Waals surface area contributed by atoms with Gasteiger partial charge >= 0.3 is 0 Å². The van der Waals surface area contributed by atoms with Crippen molar-refractivity contribution >= 4 is 17.3 Å². The Morgan fingerprint density at radius 2 is 2.00 bits per heavy atom. The number of nitrogens with one attached hydrogen (secondary N) is 1. The van der Waals surface area contributed by atoms with E-state index in [1.807, 2.05) is 13.0 Å². The van der Waals surface area contributed by atoms with Gasteiger partial charge in [0.2, 0.25) is 5.91 Å². The van der Waals surface area contributed by atoms with Crippen molar-refractivity contribution in [1.82, 2.24) is 0 Å². The highest BCUT2D eigenvalue weighted by Crippen LogP contribution is 2.20. The molecule has 0 aromatic heterocycles. The second-order valence-corrected chi connectivity index (χ2v) is 5.09. The van der Waals surface area contributed by atoms with Crippen molar-refractivity contribution in [2.75, 3.05) is 37.5 Å². The first-order chi connectivity index (χ1) is 9.50. The molecule has 1 rings (SSSR count). The Morgan fingerprint density at radius 1 is 1.30 bits per heavy atom. The summed E-state index contributed by atoms with van der Waals surface area (Å²) in [5.41, 5.74) is 8.01. The third kappa shape index (κ3) is 6.04. The van der Waals surface area contributed by atoms with Crippen LogP contribution in [0, 0.1) is 12.8 Å². The number of hydrogen-bond acceptors (Lipinski definition) is 4. The normalized spacial score (nSPS) is 10.8. The zero-order chi connectivity index (χ0) is 15.0. The lowest BCUT2D eigenvalue weighted by Gasteiger charge is -2.11. The molecule has 0 fully saturated rings. The number of benzene rings is 1. The lowest BCUT2D eigenvalue weighted by Crippen LogP contribution is -2.20. The lowest BCUT2D eigenvalue weighted by atomic mass is 10.1. The van der Waals surface area contributed by atoms with E-state index in [-0.39, 0.29) is 12.5 Å². The van der Waals surface area contributed by atoms with E-state index in [1.165, 1.54) is 0 Å². The molecular weight excluding hydrogens is 256 g/mol. The fourth-order valence-corrected chi connectivity index (χ4v) is 1.58. The van der Waals surface area contributed by atoms with Crippen LogP contribution in [0.1, 0.15) is 19.4 Å². The monoisotopic (exact) mass is 280 g/mol. The molecule has 3 N–H and O–H groups in total. The third-order valence-electron chi connectivity index (χ3n) is 2.71. The number of hydrogen-bond donors (Lipinski definition) is 2. The maximum Gasteiger partial charge on any atom is 0.250 e. The molecule has 0 radical (unpaired) electrons. The molecule has 1 aromatic carbocycles. The standard InChI is InChI=1S/C15H24N2O3/c1-11(2)9-19-7-8-20-10-15(18)17-14-6-4-5-13(16)12(14)3/h4-6,11H,7-10,16H2,1-3H3,(H,17,18). The number of amides is 1. The largest absolute Gasteiger partial charge is 0.398 e. The number of anilines is 2. The summed E-state index contributed by atoms with van der Waals surface area (Å²) < 4.78 is 10.6. The molecule has 0 aliphatic heterocycles. The smallest absolute Gasteiger partial charge is 0.250 e. The van der Waals surface area contributed by atoms with Crippen LogP contribution in [-0.2, 0) is 14.3 Å².